The highest BCUT2D eigenvalue weighted by Gasteiger charge is 2.16. The molecule has 0 aliphatic rings. The molecular formula is C13H20FNO. The number of nitrogens with two attached hydrogens (primary N) is 1. The predicted molar refractivity (Wildman–Crippen MR) is 63.5 cm³/mol. The predicted octanol–water partition coefficient (Wildman–Crippen LogP) is 2.99. The van der Waals surface area contributed by atoms with E-state index in [2.05, 4.69) is 0 Å². The van der Waals surface area contributed by atoms with Gasteiger partial charge in [-0.1, -0.05) is 25.1 Å². The number of halogens is 1. The van der Waals surface area contributed by atoms with E-state index < -0.39 is 0 Å². The molecule has 0 radical (unpaired) electrons. The first-order chi connectivity index (χ1) is 7.50. The Labute approximate surface area is 96.6 Å². The van der Waals surface area contributed by atoms with Crippen LogP contribution in [0.15, 0.2) is 18.2 Å². The molecule has 0 bridgehead atoms. The number of hydrogen-bond donors (Lipinski definition) is 1. The topological polar surface area (TPSA) is 35.2 Å². The molecule has 0 atom stereocenters. The van der Waals surface area contributed by atoms with Gasteiger partial charge in [0, 0.05) is 17.7 Å². The minimum atomic E-state index is -0.239. The molecule has 2 N–H and O–H groups in total. The maximum atomic E-state index is 13.8. The summed E-state index contributed by atoms with van der Waals surface area (Å²) in [5.74, 6) is -0.239. The lowest BCUT2D eigenvalue weighted by Gasteiger charge is -2.23. The fourth-order valence-corrected chi connectivity index (χ4v) is 1.28. The molecule has 1 rings (SSSR count). The van der Waals surface area contributed by atoms with Gasteiger partial charge in [0.05, 0.1) is 12.2 Å². The Kier molecular flexibility index (Phi) is 4.44. The van der Waals surface area contributed by atoms with E-state index in [0.717, 1.165) is 6.42 Å². The Bertz CT molecular complexity index is 350. The third-order valence-electron chi connectivity index (χ3n) is 2.85. The lowest BCUT2D eigenvalue weighted by Crippen LogP contribution is -2.23. The quantitative estimate of drug-likeness (QED) is 0.836. The number of benzene rings is 1. The van der Waals surface area contributed by atoms with Crippen molar-refractivity contribution in [2.75, 3.05) is 0 Å². The normalized spacial score (nSPS) is 11.8. The fourth-order valence-electron chi connectivity index (χ4n) is 1.28. The maximum absolute atomic E-state index is 13.8. The molecule has 0 unspecified atom stereocenters. The van der Waals surface area contributed by atoms with Gasteiger partial charge in [0.1, 0.15) is 5.82 Å². The van der Waals surface area contributed by atoms with Crippen LogP contribution in [0, 0.1) is 5.82 Å². The summed E-state index contributed by atoms with van der Waals surface area (Å²) >= 11 is 0. The van der Waals surface area contributed by atoms with Crippen LogP contribution in [0.2, 0.25) is 0 Å². The molecule has 0 heterocycles. The van der Waals surface area contributed by atoms with Gasteiger partial charge in [0.25, 0.3) is 0 Å². The van der Waals surface area contributed by atoms with Gasteiger partial charge in [-0.2, -0.15) is 0 Å². The van der Waals surface area contributed by atoms with Crippen LogP contribution in [0.3, 0.4) is 0 Å². The van der Waals surface area contributed by atoms with E-state index in [1.165, 1.54) is 0 Å². The Balaban J connectivity index is 2.75. The number of hydrogen-bond acceptors (Lipinski definition) is 2. The molecule has 90 valence electrons. The van der Waals surface area contributed by atoms with E-state index >= 15 is 0 Å². The van der Waals surface area contributed by atoms with Crippen molar-refractivity contribution in [2.45, 2.75) is 45.9 Å². The summed E-state index contributed by atoms with van der Waals surface area (Å²) in [4.78, 5) is 0. The van der Waals surface area contributed by atoms with Crippen LogP contribution in [-0.2, 0) is 17.9 Å². The third-order valence-corrected chi connectivity index (χ3v) is 2.85. The summed E-state index contributed by atoms with van der Waals surface area (Å²) < 4.78 is 19.5. The van der Waals surface area contributed by atoms with E-state index in [0.29, 0.717) is 17.7 Å². The smallest absolute Gasteiger partial charge is 0.133 e. The average Bonchev–Trinajstić information content (AvgIpc) is 2.28. The van der Waals surface area contributed by atoms with E-state index in [1.807, 2.05) is 26.8 Å². The van der Waals surface area contributed by atoms with Crippen molar-refractivity contribution >= 4 is 0 Å². The van der Waals surface area contributed by atoms with Gasteiger partial charge < -0.3 is 10.5 Å². The Morgan fingerprint density at radius 2 is 1.94 bits per heavy atom. The van der Waals surface area contributed by atoms with Crippen molar-refractivity contribution in [3.8, 4) is 0 Å². The summed E-state index contributed by atoms with van der Waals surface area (Å²) in [6.45, 7) is 6.55. The minimum absolute atomic E-state index is 0.217. The third kappa shape index (κ3) is 3.29. The van der Waals surface area contributed by atoms with E-state index in [4.69, 9.17) is 10.5 Å². The van der Waals surface area contributed by atoms with Gasteiger partial charge in [0.15, 0.2) is 0 Å². The summed E-state index contributed by atoms with van der Waals surface area (Å²) in [5.41, 5.74) is 6.34. The van der Waals surface area contributed by atoms with Crippen molar-refractivity contribution < 1.29 is 9.13 Å². The van der Waals surface area contributed by atoms with E-state index in [1.54, 1.807) is 12.1 Å². The molecule has 0 aliphatic carbocycles. The molecule has 0 spiro atoms. The highest BCUT2D eigenvalue weighted by Crippen LogP contribution is 2.19. The van der Waals surface area contributed by atoms with E-state index in [9.17, 15) is 4.39 Å². The van der Waals surface area contributed by atoms with Crippen LogP contribution in [0.5, 0.6) is 0 Å². The summed E-state index contributed by atoms with van der Waals surface area (Å²) in [5, 5.41) is 0. The molecule has 2 nitrogen and oxygen atoms in total. The molecule has 0 fully saturated rings. The van der Waals surface area contributed by atoms with Gasteiger partial charge in [-0.3, -0.25) is 0 Å². The van der Waals surface area contributed by atoms with Gasteiger partial charge >= 0.3 is 0 Å². The van der Waals surface area contributed by atoms with E-state index in [-0.39, 0.29) is 18.0 Å². The van der Waals surface area contributed by atoms with Crippen molar-refractivity contribution in [1.29, 1.82) is 0 Å². The lowest BCUT2D eigenvalue weighted by molar-refractivity contribution is -0.0327. The van der Waals surface area contributed by atoms with Crippen LogP contribution >= 0.6 is 0 Å². The van der Waals surface area contributed by atoms with Crippen LogP contribution in [0.4, 0.5) is 4.39 Å². The molecule has 1 aromatic carbocycles. The van der Waals surface area contributed by atoms with Gasteiger partial charge in [-0.15, -0.1) is 0 Å². The minimum Gasteiger partial charge on any atom is -0.371 e. The summed E-state index contributed by atoms with van der Waals surface area (Å²) in [6.07, 6.45) is 0.894. The summed E-state index contributed by atoms with van der Waals surface area (Å²) in [6, 6.07) is 5.24. The molecule has 0 aromatic heterocycles. The van der Waals surface area contributed by atoms with Gasteiger partial charge in [-0.25, -0.2) is 4.39 Å². The zero-order valence-electron chi connectivity index (χ0n) is 10.2. The first-order valence-electron chi connectivity index (χ1n) is 5.60. The van der Waals surface area contributed by atoms with Crippen molar-refractivity contribution in [3.05, 3.63) is 35.1 Å². The molecule has 16 heavy (non-hydrogen) atoms. The summed E-state index contributed by atoms with van der Waals surface area (Å²) in [7, 11) is 0. The first kappa shape index (κ1) is 13.1. The maximum Gasteiger partial charge on any atom is 0.133 e. The lowest BCUT2D eigenvalue weighted by atomic mass is 10.1. The average molecular weight is 225 g/mol. The molecule has 0 saturated carbocycles. The Hall–Kier alpha value is -0.930. The zero-order chi connectivity index (χ0) is 12.2. The standard InChI is InChI=1S/C13H20FNO/c1-4-13(2,3)16-9-11-7-5-6-10(8-15)12(11)14/h5-7H,4,8-9,15H2,1-3H3. The highest BCUT2D eigenvalue weighted by molar-refractivity contribution is 5.25. The molecule has 0 aliphatic heterocycles. The zero-order valence-corrected chi connectivity index (χ0v) is 10.2. The van der Waals surface area contributed by atoms with Crippen LogP contribution in [0.1, 0.15) is 38.3 Å². The van der Waals surface area contributed by atoms with Crippen molar-refractivity contribution in [2.24, 2.45) is 5.73 Å². The second-order valence-corrected chi connectivity index (χ2v) is 4.50. The molecule has 0 saturated heterocycles. The van der Waals surface area contributed by atoms with Crippen molar-refractivity contribution in [1.82, 2.24) is 0 Å². The second-order valence-electron chi connectivity index (χ2n) is 4.50. The molecule has 1 aromatic rings. The largest absolute Gasteiger partial charge is 0.371 e. The molecule has 3 heteroatoms. The van der Waals surface area contributed by atoms with Crippen molar-refractivity contribution in [3.63, 3.8) is 0 Å². The molecular weight excluding hydrogens is 205 g/mol. The highest BCUT2D eigenvalue weighted by atomic mass is 19.1. The van der Waals surface area contributed by atoms with Gasteiger partial charge in [0.2, 0.25) is 0 Å². The Morgan fingerprint density at radius 1 is 1.31 bits per heavy atom. The molecule has 0 amide bonds. The van der Waals surface area contributed by atoms with Crippen LogP contribution in [-0.4, -0.2) is 5.60 Å². The second kappa shape index (κ2) is 5.41. The number of rotatable bonds is 5. The first-order valence-corrected chi connectivity index (χ1v) is 5.60. The SMILES string of the molecule is CCC(C)(C)OCc1cccc(CN)c1F. The fraction of sp³-hybridized carbons (Fsp3) is 0.538. The monoisotopic (exact) mass is 225 g/mol. The van der Waals surface area contributed by atoms with Crippen LogP contribution in [0.25, 0.3) is 0 Å². The van der Waals surface area contributed by atoms with Gasteiger partial charge in [-0.05, 0) is 20.3 Å². The van der Waals surface area contributed by atoms with Crippen LogP contribution < -0.4 is 5.73 Å². The Morgan fingerprint density at radius 3 is 2.50 bits per heavy atom. The number of ether oxygens (including phenoxy) is 1.